The number of rotatable bonds is 2. The summed E-state index contributed by atoms with van der Waals surface area (Å²) in [5.41, 5.74) is 37.1. The third-order valence-electron chi connectivity index (χ3n) is 4.18. The lowest BCUT2D eigenvalue weighted by Gasteiger charge is -2.29. The van der Waals surface area contributed by atoms with Gasteiger partial charge in [-0.3, -0.25) is 4.79 Å². The number of carbonyl (C=O) groups excluding carboxylic acids is 1. The van der Waals surface area contributed by atoms with Crippen molar-refractivity contribution in [3.05, 3.63) is 23.3 Å². The van der Waals surface area contributed by atoms with Crippen molar-refractivity contribution < 1.29 is 12.6 Å². The number of fused-ring (bicyclic) bond motifs is 1. The summed E-state index contributed by atoms with van der Waals surface area (Å²) in [7, 11) is 0. The number of anilines is 6. The molecule has 1 aliphatic rings. The predicted molar refractivity (Wildman–Crippen MR) is 106 cm³/mol. The molecule has 0 bridgehead atoms. The zero-order chi connectivity index (χ0) is 18.5. The molecule has 1 atom stereocenters. The van der Waals surface area contributed by atoms with Gasteiger partial charge in [-0.25, -0.2) is 0 Å². The third-order valence-corrected chi connectivity index (χ3v) is 4.69. The van der Waals surface area contributed by atoms with E-state index >= 15 is 0 Å². The van der Waals surface area contributed by atoms with Crippen molar-refractivity contribution in [2.75, 3.05) is 34.4 Å². The predicted octanol–water partition coefficient (Wildman–Crippen LogP) is 1.62. The number of nitrogen functional groups attached to an aromatic ring is 6. The summed E-state index contributed by atoms with van der Waals surface area (Å²) in [6.45, 7) is 0. The first-order valence-electron chi connectivity index (χ1n) is 7.19. The average molecular weight is 456 g/mol. The highest BCUT2D eigenvalue weighted by molar-refractivity contribution is 14.1. The second kappa shape index (κ2) is 5.95. The Morgan fingerprint density at radius 1 is 0.960 bits per heavy atom. The van der Waals surface area contributed by atoms with Gasteiger partial charge in [0, 0.05) is 23.4 Å². The molecule has 1 heterocycles. The molecule has 132 valence electrons. The lowest BCUT2D eigenvalue weighted by Crippen LogP contribution is -2.24. The Bertz CT molecular complexity index is 873. The second-order valence-corrected chi connectivity index (χ2v) is 6.12. The number of hydrogen-bond donors (Lipinski definition) is 6. The summed E-state index contributed by atoms with van der Waals surface area (Å²) in [5, 5.41) is 0. The first-order chi connectivity index (χ1) is 11.8. The molecule has 0 radical (unpaired) electrons. The average Bonchev–Trinajstić information content (AvgIpc) is 2.57. The maximum Gasteiger partial charge on any atom is 0.192 e. The Labute approximate surface area is 157 Å². The maximum absolute atomic E-state index is 12.6. The van der Waals surface area contributed by atoms with Gasteiger partial charge in [-0.1, -0.05) is 0 Å². The molecule has 0 saturated carbocycles. The lowest BCUT2D eigenvalue weighted by molar-refractivity contribution is 0.0853. The van der Waals surface area contributed by atoms with Crippen LogP contribution in [0.15, 0.2) is 12.1 Å². The van der Waals surface area contributed by atoms with Crippen molar-refractivity contribution in [3.63, 3.8) is 0 Å². The molecule has 12 N–H and O–H groups in total. The Morgan fingerprint density at radius 3 is 2.08 bits per heavy atom. The van der Waals surface area contributed by atoms with Crippen LogP contribution in [0.4, 0.5) is 34.1 Å². The maximum atomic E-state index is 12.6. The lowest BCUT2D eigenvalue weighted by atomic mass is 9.92. The van der Waals surface area contributed by atoms with E-state index in [9.17, 15) is 4.79 Å². The molecule has 10 heteroatoms. The first-order valence-corrected chi connectivity index (χ1v) is 8.07. The minimum absolute atomic E-state index is 0.0150. The first kappa shape index (κ1) is 17.1. The van der Waals surface area contributed by atoms with Crippen LogP contribution in [0, 0.1) is 0 Å². The van der Waals surface area contributed by atoms with Gasteiger partial charge < -0.3 is 42.2 Å². The summed E-state index contributed by atoms with van der Waals surface area (Å²) in [5.74, 6) is 0.514. The monoisotopic (exact) mass is 456 g/mol. The van der Waals surface area contributed by atoms with Gasteiger partial charge in [0.05, 0.1) is 40.4 Å². The second-order valence-electron chi connectivity index (χ2n) is 5.68. The van der Waals surface area contributed by atoms with Crippen LogP contribution in [0.5, 0.6) is 11.5 Å². The molecule has 0 fully saturated rings. The van der Waals surface area contributed by atoms with Gasteiger partial charge in [-0.15, -0.1) is 0 Å². The molecule has 0 saturated heterocycles. The summed E-state index contributed by atoms with van der Waals surface area (Å²) < 4.78 is 11.1. The van der Waals surface area contributed by atoms with Crippen LogP contribution in [0.3, 0.4) is 0 Å². The minimum atomic E-state index is -0.769. The van der Waals surface area contributed by atoms with E-state index in [1.54, 1.807) is 35.1 Å². The highest BCUT2D eigenvalue weighted by Gasteiger charge is 2.34. The van der Waals surface area contributed by atoms with Crippen molar-refractivity contribution in [2.24, 2.45) is 0 Å². The fraction of sp³-hybridized carbons (Fsp3) is 0.133. The number of ketones is 1. The van der Waals surface area contributed by atoms with E-state index in [0.717, 1.165) is 0 Å². The number of hydrogen-bond acceptors (Lipinski definition) is 9. The number of halogens is 1. The van der Waals surface area contributed by atoms with E-state index in [1.807, 2.05) is 0 Å². The van der Waals surface area contributed by atoms with Gasteiger partial charge >= 0.3 is 0 Å². The van der Waals surface area contributed by atoms with Crippen molar-refractivity contribution in [1.29, 1.82) is 0 Å². The van der Waals surface area contributed by atoms with Crippen LogP contribution in [0.25, 0.3) is 0 Å². The van der Waals surface area contributed by atoms with E-state index in [4.69, 9.17) is 42.2 Å². The van der Waals surface area contributed by atoms with Crippen molar-refractivity contribution in [3.8, 4) is 11.5 Å². The van der Waals surface area contributed by atoms with E-state index in [1.165, 1.54) is 0 Å². The molecule has 3 rings (SSSR count). The fourth-order valence-electron chi connectivity index (χ4n) is 2.89. The van der Waals surface area contributed by atoms with Crippen LogP contribution < -0.4 is 42.2 Å². The number of carbonyl (C=O) groups is 1. The molecule has 0 aromatic heterocycles. The SMILES string of the molecule is Nc1cc(OI)cc2c1C(=O)CC(c1c(N)c(N)c(N)c(N)c1N)O2. The van der Waals surface area contributed by atoms with Gasteiger partial charge in [-0.2, -0.15) is 0 Å². The quantitative estimate of drug-likeness (QED) is 0.288. The molecule has 0 spiro atoms. The smallest absolute Gasteiger partial charge is 0.192 e. The van der Waals surface area contributed by atoms with E-state index in [-0.39, 0.29) is 52.1 Å². The van der Waals surface area contributed by atoms with Crippen molar-refractivity contribution in [2.45, 2.75) is 12.5 Å². The Balaban J connectivity index is 2.14. The molecule has 2 aromatic carbocycles. The zero-order valence-corrected chi connectivity index (χ0v) is 15.2. The van der Waals surface area contributed by atoms with Gasteiger partial charge in [-0.05, 0) is 0 Å². The van der Waals surface area contributed by atoms with Gasteiger partial charge in [0.1, 0.15) is 17.6 Å². The number of ether oxygens (including phenoxy) is 1. The molecule has 25 heavy (non-hydrogen) atoms. The standard InChI is InChI=1S/C15H17IN6O3/c16-25-4-1-5(17)9-6(23)3-8(24-7(9)2-4)10-11(18)13(20)15(22)14(21)12(10)19/h1-2,8H,3,17-22H2. The summed E-state index contributed by atoms with van der Waals surface area (Å²) in [6.07, 6.45) is -0.784. The summed E-state index contributed by atoms with van der Waals surface area (Å²) in [6, 6.07) is 3.12. The fourth-order valence-corrected chi connectivity index (χ4v) is 3.14. The topological polar surface area (TPSA) is 192 Å². The van der Waals surface area contributed by atoms with Gasteiger partial charge in [0.2, 0.25) is 0 Å². The Hall–Kier alpha value is -2.76. The zero-order valence-electron chi connectivity index (χ0n) is 13.0. The number of benzene rings is 2. The van der Waals surface area contributed by atoms with Crippen LogP contribution in [0.2, 0.25) is 0 Å². The normalized spacial score (nSPS) is 16.2. The number of Topliss-reactive ketones (excluding diaryl/α,β-unsaturated/α-hetero) is 1. The van der Waals surface area contributed by atoms with Crippen LogP contribution in [0.1, 0.15) is 28.4 Å². The van der Waals surface area contributed by atoms with Gasteiger partial charge in [0.15, 0.2) is 28.8 Å². The molecular weight excluding hydrogens is 439 g/mol. The molecule has 2 aromatic rings. The third kappa shape index (κ3) is 2.58. The Kier molecular flexibility index (Phi) is 4.06. The van der Waals surface area contributed by atoms with E-state index < -0.39 is 6.10 Å². The van der Waals surface area contributed by atoms with Gasteiger partial charge in [0.25, 0.3) is 0 Å². The minimum Gasteiger partial charge on any atom is -0.484 e. The molecule has 1 unspecified atom stereocenters. The molecular formula is C15H17IN6O3. The van der Waals surface area contributed by atoms with Crippen molar-refractivity contribution in [1.82, 2.24) is 0 Å². The highest BCUT2D eigenvalue weighted by Crippen LogP contribution is 2.47. The Morgan fingerprint density at radius 2 is 1.52 bits per heavy atom. The highest BCUT2D eigenvalue weighted by atomic mass is 127. The molecule has 0 aliphatic carbocycles. The van der Waals surface area contributed by atoms with Crippen LogP contribution in [-0.2, 0) is 0 Å². The van der Waals surface area contributed by atoms with E-state index in [2.05, 4.69) is 0 Å². The summed E-state index contributed by atoms with van der Waals surface area (Å²) in [4.78, 5) is 12.6. The van der Waals surface area contributed by atoms with Crippen LogP contribution >= 0.6 is 23.0 Å². The van der Waals surface area contributed by atoms with E-state index in [0.29, 0.717) is 16.9 Å². The molecule has 1 aliphatic heterocycles. The number of nitrogens with two attached hydrogens (primary N) is 6. The van der Waals surface area contributed by atoms with Crippen molar-refractivity contribution >= 4 is 62.9 Å². The largest absolute Gasteiger partial charge is 0.484 e. The summed E-state index contributed by atoms with van der Waals surface area (Å²) >= 11 is 1.71. The molecule has 9 nitrogen and oxygen atoms in total. The molecule has 0 amide bonds. The van der Waals surface area contributed by atoms with Crippen LogP contribution in [-0.4, -0.2) is 5.78 Å².